The molecule has 0 radical (unpaired) electrons. The molecule has 0 aliphatic heterocycles. The average Bonchev–Trinajstić information content (AvgIpc) is 2.66. The van der Waals surface area contributed by atoms with Crippen molar-refractivity contribution in [2.45, 2.75) is 33.6 Å². The van der Waals surface area contributed by atoms with Crippen LogP contribution in [-0.2, 0) is 0 Å². The third kappa shape index (κ3) is 2.63. The standard InChI is InChI=1S/C11H12BrN.C2H6/c1-7(2)10-6-8-4-3-5-9(12)11(8)13-10;1-2/h3-7,13H,1-2H3;1-2H3. The first-order chi connectivity index (χ1) is 7.18. The van der Waals surface area contributed by atoms with Gasteiger partial charge in [-0.3, -0.25) is 0 Å². The first-order valence-corrected chi connectivity index (χ1v) is 6.25. The van der Waals surface area contributed by atoms with E-state index in [1.54, 1.807) is 0 Å². The molecule has 1 aromatic heterocycles. The van der Waals surface area contributed by atoms with Gasteiger partial charge in [-0.15, -0.1) is 0 Å². The molecule has 0 saturated carbocycles. The molecule has 0 bridgehead atoms. The summed E-state index contributed by atoms with van der Waals surface area (Å²) in [4.78, 5) is 3.42. The number of hydrogen-bond acceptors (Lipinski definition) is 0. The second kappa shape index (κ2) is 5.36. The van der Waals surface area contributed by atoms with Crippen molar-refractivity contribution in [1.82, 2.24) is 4.98 Å². The maximum Gasteiger partial charge on any atom is 0.0600 e. The van der Waals surface area contributed by atoms with E-state index in [1.165, 1.54) is 16.6 Å². The number of aromatic amines is 1. The molecule has 0 atom stereocenters. The summed E-state index contributed by atoms with van der Waals surface area (Å²) in [7, 11) is 0. The molecule has 15 heavy (non-hydrogen) atoms. The Bertz CT molecular complexity index is 429. The average molecular weight is 268 g/mol. The lowest BCUT2D eigenvalue weighted by molar-refractivity contribution is 0.836. The Morgan fingerprint density at radius 1 is 1.20 bits per heavy atom. The van der Waals surface area contributed by atoms with E-state index in [1.807, 2.05) is 13.8 Å². The van der Waals surface area contributed by atoms with Crippen LogP contribution in [0.4, 0.5) is 0 Å². The normalized spacial score (nSPS) is 10.3. The van der Waals surface area contributed by atoms with Gasteiger partial charge >= 0.3 is 0 Å². The number of halogens is 1. The molecule has 0 spiro atoms. The van der Waals surface area contributed by atoms with Crippen molar-refractivity contribution in [2.75, 3.05) is 0 Å². The van der Waals surface area contributed by atoms with Crippen molar-refractivity contribution in [1.29, 1.82) is 0 Å². The van der Waals surface area contributed by atoms with Gasteiger partial charge in [0.2, 0.25) is 0 Å². The van der Waals surface area contributed by atoms with Crippen molar-refractivity contribution < 1.29 is 0 Å². The van der Waals surface area contributed by atoms with Crippen LogP contribution in [0, 0.1) is 0 Å². The van der Waals surface area contributed by atoms with Gasteiger partial charge in [-0.05, 0) is 34.0 Å². The zero-order valence-electron chi connectivity index (χ0n) is 9.76. The second-order valence-electron chi connectivity index (χ2n) is 3.58. The van der Waals surface area contributed by atoms with Crippen LogP contribution >= 0.6 is 15.9 Å². The topological polar surface area (TPSA) is 15.8 Å². The fourth-order valence-electron chi connectivity index (χ4n) is 1.45. The molecule has 2 aromatic rings. The first kappa shape index (κ1) is 12.3. The van der Waals surface area contributed by atoms with Crippen LogP contribution in [0.3, 0.4) is 0 Å². The molecule has 1 heterocycles. The summed E-state index contributed by atoms with van der Waals surface area (Å²) in [5.41, 5.74) is 2.49. The van der Waals surface area contributed by atoms with Gasteiger partial charge in [0, 0.05) is 15.6 Å². The molecule has 1 N–H and O–H groups in total. The van der Waals surface area contributed by atoms with Crippen molar-refractivity contribution in [3.63, 3.8) is 0 Å². The molecule has 0 aliphatic rings. The Balaban J connectivity index is 0.000000531. The molecular weight excluding hydrogens is 250 g/mol. The van der Waals surface area contributed by atoms with Crippen LogP contribution in [0.15, 0.2) is 28.7 Å². The summed E-state index contributed by atoms with van der Waals surface area (Å²) in [6.07, 6.45) is 0. The lowest BCUT2D eigenvalue weighted by Gasteiger charge is -1.98. The molecule has 1 nitrogen and oxygen atoms in total. The van der Waals surface area contributed by atoms with Crippen LogP contribution in [0.1, 0.15) is 39.3 Å². The van der Waals surface area contributed by atoms with Crippen LogP contribution in [0.25, 0.3) is 10.9 Å². The molecule has 0 fully saturated rings. The van der Waals surface area contributed by atoms with Crippen molar-refractivity contribution >= 4 is 26.8 Å². The largest absolute Gasteiger partial charge is 0.357 e. The third-order valence-corrected chi connectivity index (χ3v) is 2.91. The van der Waals surface area contributed by atoms with Gasteiger partial charge in [0.05, 0.1) is 5.52 Å². The minimum absolute atomic E-state index is 0.555. The number of hydrogen-bond donors (Lipinski definition) is 1. The van der Waals surface area contributed by atoms with E-state index in [-0.39, 0.29) is 0 Å². The molecule has 82 valence electrons. The van der Waals surface area contributed by atoms with Crippen molar-refractivity contribution in [2.24, 2.45) is 0 Å². The predicted molar refractivity (Wildman–Crippen MR) is 71.4 cm³/mol. The summed E-state index contributed by atoms with van der Waals surface area (Å²) in [5, 5.41) is 1.28. The van der Waals surface area contributed by atoms with Gasteiger partial charge < -0.3 is 4.98 Å². The number of benzene rings is 1. The quantitative estimate of drug-likeness (QED) is 0.742. The third-order valence-electron chi connectivity index (χ3n) is 2.25. The molecule has 2 rings (SSSR count). The van der Waals surface area contributed by atoms with Crippen molar-refractivity contribution in [3.8, 4) is 0 Å². The SMILES string of the molecule is CC.CC(C)c1cc2cccc(Br)c2[nH]1. The molecule has 0 aliphatic carbocycles. The van der Waals surface area contributed by atoms with E-state index in [9.17, 15) is 0 Å². The lowest BCUT2D eigenvalue weighted by Crippen LogP contribution is -1.84. The smallest absolute Gasteiger partial charge is 0.0600 e. The second-order valence-corrected chi connectivity index (χ2v) is 4.44. The van der Waals surface area contributed by atoms with Gasteiger partial charge in [-0.25, -0.2) is 0 Å². The van der Waals surface area contributed by atoms with Crippen LogP contribution in [-0.4, -0.2) is 4.98 Å². The van der Waals surface area contributed by atoms with E-state index in [2.05, 4.69) is 59.0 Å². The highest BCUT2D eigenvalue weighted by Gasteiger charge is 2.05. The van der Waals surface area contributed by atoms with E-state index >= 15 is 0 Å². The van der Waals surface area contributed by atoms with Gasteiger partial charge in [-0.2, -0.15) is 0 Å². The van der Waals surface area contributed by atoms with E-state index in [0.717, 1.165) is 4.47 Å². The predicted octanol–water partition coefficient (Wildman–Crippen LogP) is 5.08. The molecular formula is C13H18BrN. The number of fused-ring (bicyclic) bond motifs is 1. The number of rotatable bonds is 1. The summed E-state index contributed by atoms with van der Waals surface area (Å²) >= 11 is 3.53. The first-order valence-electron chi connectivity index (χ1n) is 5.45. The summed E-state index contributed by atoms with van der Waals surface area (Å²) in [5.74, 6) is 0.555. The Labute approximate surface area is 100 Å². The zero-order chi connectivity index (χ0) is 11.4. The monoisotopic (exact) mass is 267 g/mol. The van der Waals surface area contributed by atoms with Crippen LogP contribution < -0.4 is 0 Å². The molecule has 1 aromatic carbocycles. The Kier molecular flexibility index (Phi) is 4.40. The minimum atomic E-state index is 0.555. The highest BCUT2D eigenvalue weighted by molar-refractivity contribution is 9.10. The van der Waals surface area contributed by atoms with E-state index in [0.29, 0.717) is 5.92 Å². The number of nitrogens with one attached hydrogen (secondary N) is 1. The zero-order valence-corrected chi connectivity index (χ0v) is 11.4. The molecule has 0 saturated heterocycles. The summed E-state index contributed by atoms with van der Waals surface area (Å²) in [6.45, 7) is 8.39. The Morgan fingerprint density at radius 3 is 2.40 bits per heavy atom. The maximum absolute atomic E-state index is 3.53. The fourth-order valence-corrected chi connectivity index (χ4v) is 1.93. The van der Waals surface area contributed by atoms with Crippen LogP contribution in [0.2, 0.25) is 0 Å². The number of aromatic nitrogens is 1. The van der Waals surface area contributed by atoms with E-state index in [4.69, 9.17) is 0 Å². The summed E-state index contributed by atoms with van der Waals surface area (Å²) < 4.78 is 1.14. The fraction of sp³-hybridized carbons (Fsp3) is 0.385. The van der Waals surface area contributed by atoms with Gasteiger partial charge in [0.15, 0.2) is 0 Å². The maximum atomic E-state index is 3.53. The van der Waals surface area contributed by atoms with Crippen LogP contribution in [0.5, 0.6) is 0 Å². The van der Waals surface area contributed by atoms with E-state index < -0.39 is 0 Å². The van der Waals surface area contributed by atoms with Gasteiger partial charge in [0.1, 0.15) is 0 Å². The highest BCUT2D eigenvalue weighted by atomic mass is 79.9. The number of H-pyrrole nitrogens is 1. The molecule has 0 amide bonds. The van der Waals surface area contributed by atoms with Gasteiger partial charge in [0.25, 0.3) is 0 Å². The highest BCUT2D eigenvalue weighted by Crippen LogP contribution is 2.26. The minimum Gasteiger partial charge on any atom is -0.357 e. The Hall–Kier alpha value is -0.760. The lowest BCUT2D eigenvalue weighted by atomic mass is 10.1. The van der Waals surface area contributed by atoms with Crippen molar-refractivity contribution in [3.05, 3.63) is 34.4 Å². The Morgan fingerprint density at radius 2 is 1.87 bits per heavy atom. The number of para-hydroxylation sites is 1. The van der Waals surface area contributed by atoms with Gasteiger partial charge in [-0.1, -0.05) is 39.8 Å². The summed E-state index contributed by atoms with van der Waals surface area (Å²) in [6, 6.07) is 8.46. The molecule has 0 unspecified atom stereocenters. The molecule has 2 heteroatoms.